The Morgan fingerprint density at radius 2 is 2.25 bits per heavy atom. The first kappa shape index (κ1) is 12.4. The maximum atomic E-state index is 11.4. The van der Waals surface area contributed by atoms with E-state index < -0.39 is 5.97 Å². The average Bonchev–Trinajstić information content (AvgIpc) is 2.27. The molecule has 0 saturated heterocycles. The minimum Gasteiger partial charge on any atom is -0.465 e. The van der Waals surface area contributed by atoms with Gasteiger partial charge in [-0.15, -0.1) is 0 Å². The summed E-state index contributed by atoms with van der Waals surface area (Å²) in [6, 6.07) is 3.06. The first-order chi connectivity index (χ1) is 7.60. The van der Waals surface area contributed by atoms with Crippen LogP contribution in [0, 0.1) is 11.8 Å². The third kappa shape index (κ3) is 2.68. The number of halogens is 1. The standard InChI is InChI=1S/C12H12ClNO2/c1-3-4-5-8-6-9(12(15)16-2)10(13)7-11(8)14/h6-7H,3,14H2,1-2H3. The lowest BCUT2D eigenvalue weighted by atomic mass is 10.1. The van der Waals surface area contributed by atoms with Gasteiger partial charge < -0.3 is 10.5 Å². The van der Waals surface area contributed by atoms with Crippen molar-refractivity contribution in [3.05, 3.63) is 28.3 Å². The Kier molecular flexibility index (Phi) is 4.21. The van der Waals surface area contributed by atoms with Gasteiger partial charge in [0.15, 0.2) is 0 Å². The van der Waals surface area contributed by atoms with Crippen LogP contribution in [-0.4, -0.2) is 13.1 Å². The van der Waals surface area contributed by atoms with Gasteiger partial charge in [0, 0.05) is 17.7 Å². The zero-order chi connectivity index (χ0) is 12.1. The highest BCUT2D eigenvalue weighted by Crippen LogP contribution is 2.23. The van der Waals surface area contributed by atoms with Gasteiger partial charge in [-0.05, 0) is 12.1 Å². The molecule has 0 spiro atoms. The second kappa shape index (κ2) is 5.43. The summed E-state index contributed by atoms with van der Waals surface area (Å²) in [5, 5.41) is 0.270. The Hall–Kier alpha value is -1.66. The summed E-state index contributed by atoms with van der Waals surface area (Å²) < 4.78 is 4.60. The predicted molar refractivity (Wildman–Crippen MR) is 64.4 cm³/mol. The molecule has 0 aliphatic heterocycles. The Labute approximate surface area is 99.5 Å². The lowest BCUT2D eigenvalue weighted by Gasteiger charge is -2.05. The van der Waals surface area contributed by atoms with Crippen molar-refractivity contribution < 1.29 is 9.53 Å². The maximum absolute atomic E-state index is 11.4. The largest absolute Gasteiger partial charge is 0.465 e. The van der Waals surface area contributed by atoms with Gasteiger partial charge >= 0.3 is 5.97 Å². The third-order valence-electron chi connectivity index (χ3n) is 1.94. The lowest BCUT2D eigenvalue weighted by Crippen LogP contribution is -2.04. The zero-order valence-corrected chi connectivity index (χ0v) is 9.89. The number of anilines is 1. The van der Waals surface area contributed by atoms with E-state index in [-0.39, 0.29) is 10.6 Å². The van der Waals surface area contributed by atoms with Crippen LogP contribution in [-0.2, 0) is 4.74 Å². The smallest absolute Gasteiger partial charge is 0.339 e. The number of rotatable bonds is 1. The number of methoxy groups -OCH3 is 1. The van der Waals surface area contributed by atoms with Crippen molar-refractivity contribution in [1.29, 1.82) is 0 Å². The summed E-state index contributed by atoms with van der Waals surface area (Å²) >= 11 is 5.88. The van der Waals surface area contributed by atoms with Crippen molar-refractivity contribution in [3.63, 3.8) is 0 Å². The molecule has 0 heterocycles. The normalized spacial score (nSPS) is 9.19. The minimum absolute atomic E-state index is 0.270. The Morgan fingerprint density at radius 3 is 2.81 bits per heavy atom. The van der Waals surface area contributed by atoms with Crippen molar-refractivity contribution in [2.45, 2.75) is 13.3 Å². The maximum Gasteiger partial charge on any atom is 0.339 e. The van der Waals surface area contributed by atoms with E-state index >= 15 is 0 Å². The van der Waals surface area contributed by atoms with Crippen molar-refractivity contribution >= 4 is 23.3 Å². The number of hydrogen-bond donors (Lipinski definition) is 1. The van der Waals surface area contributed by atoms with E-state index in [1.165, 1.54) is 13.2 Å². The molecule has 0 saturated carbocycles. The van der Waals surface area contributed by atoms with E-state index in [0.717, 1.165) is 6.42 Å². The highest BCUT2D eigenvalue weighted by molar-refractivity contribution is 6.34. The van der Waals surface area contributed by atoms with Gasteiger partial charge in [0.1, 0.15) is 0 Å². The van der Waals surface area contributed by atoms with Crippen LogP contribution in [0.3, 0.4) is 0 Å². The Morgan fingerprint density at radius 1 is 1.56 bits per heavy atom. The van der Waals surface area contributed by atoms with Crippen LogP contribution in [0.5, 0.6) is 0 Å². The fourth-order valence-corrected chi connectivity index (χ4v) is 1.40. The van der Waals surface area contributed by atoms with Crippen LogP contribution in [0.1, 0.15) is 29.3 Å². The van der Waals surface area contributed by atoms with Crippen LogP contribution < -0.4 is 5.73 Å². The average molecular weight is 238 g/mol. The van der Waals surface area contributed by atoms with Gasteiger partial charge in [0.25, 0.3) is 0 Å². The van der Waals surface area contributed by atoms with E-state index in [4.69, 9.17) is 17.3 Å². The summed E-state index contributed by atoms with van der Waals surface area (Å²) in [5.41, 5.74) is 7.06. The quantitative estimate of drug-likeness (QED) is 0.464. The Balaban J connectivity index is 3.26. The molecule has 0 bridgehead atoms. The number of nitrogens with two attached hydrogens (primary N) is 1. The van der Waals surface area contributed by atoms with Crippen LogP contribution in [0.2, 0.25) is 5.02 Å². The number of carbonyl (C=O) groups excluding carboxylic acids is 1. The first-order valence-electron chi connectivity index (χ1n) is 4.76. The fourth-order valence-electron chi connectivity index (χ4n) is 1.15. The molecule has 1 rings (SSSR count). The van der Waals surface area contributed by atoms with Crippen LogP contribution >= 0.6 is 11.6 Å². The molecule has 16 heavy (non-hydrogen) atoms. The topological polar surface area (TPSA) is 52.3 Å². The molecular weight excluding hydrogens is 226 g/mol. The van der Waals surface area contributed by atoms with Gasteiger partial charge in [-0.1, -0.05) is 30.4 Å². The third-order valence-corrected chi connectivity index (χ3v) is 2.26. The Bertz CT molecular complexity index is 472. The van der Waals surface area contributed by atoms with Crippen molar-refractivity contribution in [1.82, 2.24) is 0 Å². The molecule has 1 aromatic rings. The van der Waals surface area contributed by atoms with Crippen molar-refractivity contribution in [3.8, 4) is 11.8 Å². The second-order valence-electron chi connectivity index (χ2n) is 3.07. The highest BCUT2D eigenvalue weighted by Gasteiger charge is 2.12. The molecular formula is C12H12ClNO2. The van der Waals surface area contributed by atoms with Gasteiger partial charge in [0.2, 0.25) is 0 Å². The molecule has 0 aromatic heterocycles. The molecule has 4 heteroatoms. The van der Waals surface area contributed by atoms with E-state index in [9.17, 15) is 4.79 Å². The minimum atomic E-state index is -0.496. The van der Waals surface area contributed by atoms with Crippen LogP contribution in [0.4, 0.5) is 5.69 Å². The van der Waals surface area contributed by atoms with Crippen molar-refractivity contribution in [2.24, 2.45) is 0 Å². The summed E-state index contributed by atoms with van der Waals surface area (Å²) in [5.74, 6) is 5.26. The molecule has 0 amide bonds. The molecule has 2 N–H and O–H groups in total. The molecule has 0 aliphatic rings. The number of nitrogen functional groups attached to an aromatic ring is 1. The second-order valence-corrected chi connectivity index (χ2v) is 3.47. The monoisotopic (exact) mass is 237 g/mol. The predicted octanol–water partition coefficient (Wildman–Crippen LogP) is 2.47. The summed E-state index contributed by atoms with van der Waals surface area (Å²) in [6.45, 7) is 1.93. The molecule has 0 aliphatic carbocycles. The number of ether oxygens (including phenoxy) is 1. The van der Waals surface area contributed by atoms with E-state index in [0.29, 0.717) is 11.3 Å². The molecule has 0 unspecified atom stereocenters. The van der Waals surface area contributed by atoms with Gasteiger partial charge in [-0.25, -0.2) is 4.79 Å². The number of carbonyl (C=O) groups is 1. The molecule has 84 valence electrons. The molecule has 0 fully saturated rings. The van der Waals surface area contributed by atoms with Gasteiger partial charge in [-0.2, -0.15) is 0 Å². The summed E-state index contributed by atoms with van der Waals surface area (Å²) in [6.07, 6.45) is 0.718. The van der Waals surface area contributed by atoms with Crippen molar-refractivity contribution in [2.75, 3.05) is 12.8 Å². The van der Waals surface area contributed by atoms with E-state index in [1.807, 2.05) is 6.92 Å². The number of hydrogen-bond acceptors (Lipinski definition) is 3. The fraction of sp³-hybridized carbons (Fsp3) is 0.250. The SMILES string of the molecule is CCC#Cc1cc(C(=O)OC)c(Cl)cc1N. The zero-order valence-electron chi connectivity index (χ0n) is 9.13. The van der Waals surface area contributed by atoms with Crippen LogP contribution in [0.15, 0.2) is 12.1 Å². The lowest BCUT2D eigenvalue weighted by molar-refractivity contribution is 0.0601. The number of esters is 1. The molecule has 3 nitrogen and oxygen atoms in total. The van der Waals surface area contributed by atoms with Gasteiger partial charge in [0.05, 0.1) is 17.7 Å². The number of benzene rings is 1. The van der Waals surface area contributed by atoms with Gasteiger partial charge in [-0.3, -0.25) is 0 Å². The molecule has 0 atom stereocenters. The molecule has 0 radical (unpaired) electrons. The summed E-state index contributed by atoms with van der Waals surface area (Å²) in [4.78, 5) is 11.4. The summed E-state index contributed by atoms with van der Waals surface area (Å²) in [7, 11) is 1.30. The molecule has 1 aromatic carbocycles. The van der Waals surface area contributed by atoms with Crippen LogP contribution in [0.25, 0.3) is 0 Å². The van der Waals surface area contributed by atoms with E-state index in [2.05, 4.69) is 16.6 Å². The van der Waals surface area contributed by atoms with E-state index in [1.54, 1.807) is 6.07 Å². The first-order valence-corrected chi connectivity index (χ1v) is 5.14. The highest BCUT2D eigenvalue weighted by atomic mass is 35.5.